The fourth-order valence-electron chi connectivity index (χ4n) is 2.58. The molecule has 2 aromatic rings. The maximum atomic E-state index is 5.55. The van der Waals surface area contributed by atoms with Gasteiger partial charge in [0.15, 0.2) is 0 Å². The number of nitrogens with zero attached hydrogens (tertiary/aromatic N) is 6. The molecule has 0 N–H and O–H groups in total. The van der Waals surface area contributed by atoms with Gasteiger partial charge in [0.05, 0.1) is 105 Å². The Morgan fingerprint density at radius 1 is 0.500 bits per heavy atom. The molecule has 1 aliphatic rings. The van der Waals surface area contributed by atoms with E-state index in [-0.39, 0.29) is 0 Å². The van der Waals surface area contributed by atoms with Crippen LogP contribution in [-0.2, 0) is 54.7 Å². The minimum absolute atomic E-state index is 0.399. The Bertz CT molecular complexity index is 585. The summed E-state index contributed by atoms with van der Waals surface area (Å²) in [4.78, 5) is 0. The van der Waals surface area contributed by atoms with Crippen molar-refractivity contribution < 1.29 is 28.4 Å². The van der Waals surface area contributed by atoms with Gasteiger partial charge in [-0.25, -0.2) is 9.36 Å². The van der Waals surface area contributed by atoms with E-state index in [0.717, 1.165) is 11.4 Å². The van der Waals surface area contributed by atoms with Crippen LogP contribution in [0, 0.1) is 0 Å². The molecule has 2 aromatic heterocycles. The molecule has 3 rings (SSSR count). The van der Waals surface area contributed by atoms with Gasteiger partial charge in [0.25, 0.3) is 0 Å². The first-order valence-electron chi connectivity index (χ1n) is 10.1. The quantitative estimate of drug-likeness (QED) is 0.555. The summed E-state index contributed by atoms with van der Waals surface area (Å²) in [7, 11) is 0. The Kier molecular flexibility index (Phi) is 10.7. The molecule has 0 spiro atoms. The summed E-state index contributed by atoms with van der Waals surface area (Å²) in [5.41, 5.74) is 1.55. The zero-order valence-electron chi connectivity index (χ0n) is 17.2. The molecule has 30 heavy (non-hydrogen) atoms. The summed E-state index contributed by atoms with van der Waals surface area (Å²) in [6.45, 7) is 7.15. The lowest BCUT2D eigenvalue weighted by atomic mass is 10.5. The molecule has 0 atom stereocenters. The minimum Gasteiger partial charge on any atom is -0.377 e. The Morgan fingerprint density at radius 2 is 0.867 bits per heavy atom. The highest BCUT2D eigenvalue weighted by molar-refractivity contribution is 4.90. The SMILES string of the molecule is c1c2nnn1CCOCCOCCOCc1cn(nn1)CCOCCOCCOC2. The standard InChI is InChI=1S/C18H30N6O6/c1-3-25-5-7-27-9-12-30-16-18-14-24(22-20-18)2-4-26-6-8-28-10-11-29-15-17-13-23(1)21-19-17/h13-14H,1-12,15-16H2. The second kappa shape index (κ2) is 14.1. The molecule has 0 fully saturated rings. The molecule has 0 aliphatic carbocycles. The van der Waals surface area contributed by atoms with Crippen molar-refractivity contribution in [2.75, 3.05) is 66.1 Å². The third-order valence-corrected chi connectivity index (χ3v) is 4.09. The van der Waals surface area contributed by atoms with E-state index in [1.165, 1.54) is 0 Å². The summed E-state index contributed by atoms with van der Waals surface area (Å²) in [6, 6.07) is 0. The Hall–Kier alpha value is -1.96. The van der Waals surface area contributed by atoms with Crippen LogP contribution < -0.4 is 0 Å². The summed E-state index contributed by atoms with van der Waals surface area (Å²) >= 11 is 0. The van der Waals surface area contributed by atoms with E-state index in [1.54, 1.807) is 9.36 Å². The molecule has 0 unspecified atom stereocenters. The predicted octanol–water partition coefficient (Wildman–Crippen LogP) is -0.317. The van der Waals surface area contributed by atoms with E-state index in [9.17, 15) is 0 Å². The van der Waals surface area contributed by atoms with Gasteiger partial charge < -0.3 is 28.4 Å². The fourth-order valence-corrected chi connectivity index (χ4v) is 2.58. The van der Waals surface area contributed by atoms with Crippen molar-refractivity contribution in [3.05, 3.63) is 23.8 Å². The highest BCUT2D eigenvalue weighted by Crippen LogP contribution is 1.98. The number of fused-ring (bicyclic) bond motifs is 4. The second-order valence-corrected chi connectivity index (χ2v) is 6.50. The molecule has 0 radical (unpaired) electrons. The first kappa shape index (κ1) is 22.7. The first-order valence-corrected chi connectivity index (χ1v) is 10.1. The molecule has 168 valence electrons. The van der Waals surface area contributed by atoms with Crippen molar-refractivity contribution in [3.63, 3.8) is 0 Å². The Balaban J connectivity index is 1.37. The van der Waals surface area contributed by atoms with E-state index in [0.29, 0.717) is 92.4 Å². The lowest BCUT2D eigenvalue weighted by molar-refractivity contribution is 0.00790. The van der Waals surface area contributed by atoms with Gasteiger partial charge in [0.2, 0.25) is 0 Å². The van der Waals surface area contributed by atoms with Crippen LogP contribution >= 0.6 is 0 Å². The van der Waals surface area contributed by atoms with Crippen LogP contribution in [0.15, 0.2) is 12.4 Å². The second-order valence-electron chi connectivity index (χ2n) is 6.50. The van der Waals surface area contributed by atoms with Crippen LogP contribution in [0.2, 0.25) is 0 Å². The van der Waals surface area contributed by atoms with Crippen LogP contribution in [0.1, 0.15) is 11.4 Å². The van der Waals surface area contributed by atoms with Gasteiger partial charge >= 0.3 is 0 Å². The van der Waals surface area contributed by atoms with Crippen LogP contribution in [0.25, 0.3) is 0 Å². The van der Waals surface area contributed by atoms with E-state index < -0.39 is 0 Å². The smallest absolute Gasteiger partial charge is 0.108 e. The van der Waals surface area contributed by atoms with E-state index >= 15 is 0 Å². The molecule has 0 aromatic carbocycles. The van der Waals surface area contributed by atoms with Crippen molar-refractivity contribution in [3.8, 4) is 0 Å². The highest BCUT2D eigenvalue weighted by atomic mass is 16.5. The molecule has 3 heterocycles. The monoisotopic (exact) mass is 426 g/mol. The molecular formula is C18H30N6O6. The molecule has 1 aliphatic heterocycles. The van der Waals surface area contributed by atoms with E-state index in [4.69, 9.17) is 28.4 Å². The van der Waals surface area contributed by atoms with E-state index in [1.807, 2.05) is 12.4 Å². The van der Waals surface area contributed by atoms with Gasteiger partial charge in [0.1, 0.15) is 11.4 Å². The van der Waals surface area contributed by atoms with E-state index in [2.05, 4.69) is 20.6 Å². The maximum Gasteiger partial charge on any atom is 0.108 e. The number of rotatable bonds is 0. The van der Waals surface area contributed by atoms with Gasteiger partial charge in [-0.2, -0.15) is 0 Å². The van der Waals surface area contributed by atoms with Gasteiger partial charge in [-0.05, 0) is 0 Å². The number of ether oxygens (including phenoxy) is 6. The van der Waals surface area contributed by atoms with Crippen LogP contribution in [-0.4, -0.2) is 96.1 Å². The lowest BCUT2D eigenvalue weighted by Gasteiger charge is -2.07. The lowest BCUT2D eigenvalue weighted by Crippen LogP contribution is -2.13. The average Bonchev–Trinajstić information content (AvgIpc) is 3.39. The number of hydrogen-bond donors (Lipinski definition) is 0. The summed E-state index contributed by atoms with van der Waals surface area (Å²) in [5, 5.41) is 16.3. The molecular weight excluding hydrogens is 396 g/mol. The van der Waals surface area contributed by atoms with Gasteiger partial charge in [-0.1, -0.05) is 10.4 Å². The third kappa shape index (κ3) is 9.24. The molecule has 0 saturated heterocycles. The fraction of sp³-hybridized carbons (Fsp3) is 0.778. The molecule has 12 heteroatoms. The minimum atomic E-state index is 0.399. The molecule has 12 nitrogen and oxygen atoms in total. The van der Waals surface area contributed by atoms with Crippen molar-refractivity contribution in [2.45, 2.75) is 26.3 Å². The first-order chi connectivity index (χ1) is 14.9. The number of hydrogen-bond acceptors (Lipinski definition) is 10. The van der Waals surface area contributed by atoms with Gasteiger partial charge in [-0.3, -0.25) is 0 Å². The average molecular weight is 426 g/mol. The van der Waals surface area contributed by atoms with Gasteiger partial charge in [-0.15, -0.1) is 10.2 Å². The Morgan fingerprint density at radius 3 is 1.30 bits per heavy atom. The molecule has 0 saturated carbocycles. The number of aromatic nitrogens is 6. The maximum absolute atomic E-state index is 5.55. The van der Waals surface area contributed by atoms with Crippen molar-refractivity contribution in [2.24, 2.45) is 0 Å². The van der Waals surface area contributed by atoms with Gasteiger partial charge in [0, 0.05) is 0 Å². The molecule has 0 amide bonds. The molecule has 4 bridgehead atoms. The summed E-state index contributed by atoms with van der Waals surface area (Å²) in [6.07, 6.45) is 3.71. The van der Waals surface area contributed by atoms with Crippen LogP contribution in [0.5, 0.6) is 0 Å². The predicted molar refractivity (Wildman–Crippen MR) is 103 cm³/mol. The Labute approximate surface area is 175 Å². The zero-order chi connectivity index (χ0) is 20.7. The van der Waals surface area contributed by atoms with Crippen molar-refractivity contribution >= 4 is 0 Å². The largest absolute Gasteiger partial charge is 0.377 e. The topological polar surface area (TPSA) is 117 Å². The zero-order valence-corrected chi connectivity index (χ0v) is 17.2. The normalized spacial score (nSPS) is 20.0. The van der Waals surface area contributed by atoms with Crippen molar-refractivity contribution in [1.82, 2.24) is 30.0 Å². The third-order valence-electron chi connectivity index (χ3n) is 4.09. The van der Waals surface area contributed by atoms with Crippen LogP contribution in [0.3, 0.4) is 0 Å². The highest BCUT2D eigenvalue weighted by Gasteiger charge is 2.03. The van der Waals surface area contributed by atoms with Crippen molar-refractivity contribution in [1.29, 1.82) is 0 Å². The van der Waals surface area contributed by atoms with Crippen LogP contribution in [0.4, 0.5) is 0 Å². The summed E-state index contributed by atoms with van der Waals surface area (Å²) in [5.74, 6) is 0. The summed E-state index contributed by atoms with van der Waals surface area (Å²) < 4.78 is 36.6.